The highest BCUT2D eigenvalue weighted by atomic mass is 32.2. The van der Waals surface area contributed by atoms with E-state index < -0.39 is 0 Å². The van der Waals surface area contributed by atoms with Gasteiger partial charge in [-0.1, -0.05) is 18.2 Å². The molecule has 2 heterocycles. The number of para-hydroxylation sites is 1. The summed E-state index contributed by atoms with van der Waals surface area (Å²) in [7, 11) is 0. The number of rotatable bonds is 1. The Morgan fingerprint density at radius 3 is 2.89 bits per heavy atom. The van der Waals surface area contributed by atoms with Crippen LogP contribution in [0.3, 0.4) is 0 Å². The summed E-state index contributed by atoms with van der Waals surface area (Å²) >= 11 is 1.93. The number of nitrogens with zero attached hydrogens (tertiary/aromatic N) is 1. The van der Waals surface area contributed by atoms with Crippen LogP contribution in [-0.2, 0) is 11.2 Å². The molecule has 3 nitrogen and oxygen atoms in total. The summed E-state index contributed by atoms with van der Waals surface area (Å²) < 4.78 is 5.70. The SMILES string of the molecule is O=C([C@@H]1COc2ccccc2C1)N1CCSCC1. The third-order valence-corrected chi connectivity index (χ3v) is 4.49. The second-order valence-electron chi connectivity index (χ2n) is 4.76. The van der Waals surface area contributed by atoms with Crippen LogP contribution in [-0.4, -0.2) is 42.0 Å². The molecule has 3 rings (SSSR count). The van der Waals surface area contributed by atoms with Gasteiger partial charge in [-0.3, -0.25) is 4.79 Å². The van der Waals surface area contributed by atoms with E-state index in [-0.39, 0.29) is 11.8 Å². The highest BCUT2D eigenvalue weighted by Crippen LogP contribution is 2.28. The minimum absolute atomic E-state index is 0.00278. The van der Waals surface area contributed by atoms with Gasteiger partial charge in [-0.05, 0) is 18.1 Å². The molecule has 0 spiro atoms. The first-order valence-electron chi connectivity index (χ1n) is 6.42. The number of hydrogen-bond acceptors (Lipinski definition) is 3. The van der Waals surface area contributed by atoms with Gasteiger partial charge in [-0.2, -0.15) is 11.8 Å². The Morgan fingerprint density at radius 1 is 1.28 bits per heavy atom. The molecule has 2 aliphatic rings. The highest BCUT2D eigenvalue weighted by molar-refractivity contribution is 7.99. The zero-order valence-corrected chi connectivity index (χ0v) is 11.1. The Bertz CT molecular complexity index is 443. The van der Waals surface area contributed by atoms with E-state index in [1.165, 1.54) is 0 Å². The fourth-order valence-corrected chi connectivity index (χ4v) is 3.43. The molecular formula is C14H17NO2S. The van der Waals surface area contributed by atoms with Gasteiger partial charge in [0.15, 0.2) is 0 Å². The van der Waals surface area contributed by atoms with Crippen LogP contribution in [0.5, 0.6) is 5.75 Å². The van der Waals surface area contributed by atoms with Crippen LogP contribution >= 0.6 is 11.8 Å². The summed E-state index contributed by atoms with van der Waals surface area (Å²) in [5.74, 6) is 3.34. The van der Waals surface area contributed by atoms with E-state index in [4.69, 9.17) is 4.74 Å². The van der Waals surface area contributed by atoms with Crippen molar-refractivity contribution in [2.45, 2.75) is 6.42 Å². The minimum Gasteiger partial charge on any atom is -0.492 e. The predicted molar refractivity (Wildman–Crippen MR) is 73.0 cm³/mol. The molecule has 1 aromatic carbocycles. The normalized spacial score (nSPS) is 23.1. The Balaban J connectivity index is 1.69. The van der Waals surface area contributed by atoms with Crippen LogP contribution in [0.1, 0.15) is 5.56 Å². The van der Waals surface area contributed by atoms with Gasteiger partial charge in [0, 0.05) is 24.6 Å². The van der Waals surface area contributed by atoms with Gasteiger partial charge in [0.05, 0.1) is 5.92 Å². The molecule has 1 saturated heterocycles. The third-order valence-electron chi connectivity index (χ3n) is 3.55. The van der Waals surface area contributed by atoms with E-state index >= 15 is 0 Å². The molecule has 1 fully saturated rings. The fourth-order valence-electron chi connectivity index (χ4n) is 2.53. The lowest BCUT2D eigenvalue weighted by Crippen LogP contribution is -2.44. The maximum Gasteiger partial charge on any atom is 0.229 e. The molecule has 0 N–H and O–H groups in total. The van der Waals surface area contributed by atoms with Gasteiger partial charge in [-0.25, -0.2) is 0 Å². The average Bonchev–Trinajstić information content (AvgIpc) is 2.47. The lowest BCUT2D eigenvalue weighted by atomic mass is 9.95. The maximum absolute atomic E-state index is 12.4. The van der Waals surface area contributed by atoms with Gasteiger partial charge < -0.3 is 9.64 Å². The smallest absolute Gasteiger partial charge is 0.229 e. The largest absolute Gasteiger partial charge is 0.492 e. The van der Waals surface area contributed by atoms with E-state index in [9.17, 15) is 4.79 Å². The first kappa shape index (κ1) is 11.9. The van der Waals surface area contributed by atoms with Crippen molar-refractivity contribution < 1.29 is 9.53 Å². The quantitative estimate of drug-likeness (QED) is 0.774. The summed E-state index contributed by atoms with van der Waals surface area (Å²) in [5, 5.41) is 0. The summed E-state index contributed by atoms with van der Waals surface area (Å²) in [4.78, 5) is 14.4. The van der Waals surface area contributed by atoms with Gasteiger partial charge in [-0.15, -0.1) is 0 Å². The molecule has 2 aliphatic heterocycles. The molecule has 4 heteroatoms. The zero-order chi connectivity index (χ0) is 12.4. The first-order chi connectivity index (χ1) is 8.84. The summed E-state index contributed by atoms with van der Waals surface area (Å²) in [6.07, 6.45) is 0.818. The van der Waals surface area contributed by atoms with Crippen molar-refractivity contribution in [3.8, 4) is 5.75 Å². The summed E-state index contributed by atoms with van der Waals surface area (Å²) in [5.41, 5.74) is 1.16. The molecule has 1 amide bonds. The van der Waals surface area contributed by atoms with Crippen LogP contribution < -0.4 is 4.74 Å². The summed E-state index contributed by atoms with van der Waals surface area (Å²) in [6.45, 7) is 2.31. The maximum atomic E-state index is 12.4. The van der Waals surface area contributed by atoms with E-state index in [0.29, 0.717) is 6.61 Å². The number of benzene rings is 1. The van der Waals surface area contributed by atoms with Crippen molar-refractivity contribution in [2.24, 2.45) is 5.92 Å². The number of thioether (sulfide) groups is 1. The topological polar surface area (TPSA) is 29.5 Å². The van der Waals surface area contributed by atoms with E-state index in [1.807, 2.05) is 34.9 Å². The second kappa shape index (κ2) is 5.22. The van der Waals surface area contributed by atoms with Gasteiger partial charge >= 0.3 is 0 Å². The standard InChI is InChI=1S/C14H17NO2S/c16-14(15-5-7-18-8-6-15)12-9-11-3-1-2-4-13(11)17-10-12/h1-4,12H,5-10H2/t12-/m0/s1. The minimum atomic E-state index is 0.00278. The van der Waals surface area contributed by atoms with Crippen molar-refractivity contribution in [3.63, 3.8) is 0 Å². The molecule has 18 heavy (non-hydrogen) atoms. The predicted octanol–water partition coefficient (Wildman–Crippen LogP) is 1.81. The first-order valence-corrected chi connectivity index (χ1v) is 7.57. The van der Waals surface area contributed by atoms with Gasteiger partial charge in [0.25, 0.3) is 0 Å². The average molecular weight is 263 g/mol. The lowest BCUT2D eigenvalue weighted by molar-refractivity contribution is -0.136. The molecule has 0 radical (unpaired) electrons. The molecule has 1 aromatic rings. The number of hydrogen-bond donors (Lipinski definition) is 0. The Labute approximate surface area is 111 Å². The molecule has 0 unspecified atom stereocenters. The number of amides is 1. The fraction of sp³-hybridized carbons (Fsp3) is 0.500. The Hall–Kier alpha value is -1.16. The molecule has 0 aromatic heterocycles. The molecular weight excluding hydrogens is 246 g/mol. The zero-order valence-electron chi connectivity index (χ0n) is 10.3. The van der Waals surface area contributed by atoms with Crippen molar-refractivity contribution in [3.05, 3.63) is 29.8 Å². The summed E-state index contributed by atoms with van der Waals surface area (Å²) in [6, 6.07) is 8.02. The second-order valence-corrected chi connectivity index (χ2v) is 5.98. The molecule has 96 valence electrons. The van der Waals surface area contributed by atoms with Crippen LogP contribution in [0.25, 0.3) is 0 Å². The van der Waals surface area contributed by atoms with E-state index in [2.05, 4.69) is 6.07 Å². The number of carbonyl (C=O) groups is 1. The van der Waals surface area contributed by atoms with Crippen molar-refractivity contribution >= 4 is 17.7 Å². The van der Waals surface area contributed by atoms with Crippen molar-refractivity contribution in [1.82, 2.24) is 4.90 Å². The van der Waals surface area contributed by atoms with Crippen LogP contribution in [0.4, 0.5) is 0 Å². The van der Waals surface area contributed by atoms with Crippen LogP contribution in [0, 0.1) is 5.92 Å². The lowest BCUT2D eigenvalue weighted by Gasteiger charge is -2.32. The van der Waals surface area contributed by atoms with Crippen molar-refractivity contribution in [1.29, 1.82) is 0 Å². The van der Waals surface area contributed by atoms with Crippen molar-refractivity contribution in [2.75, 3.05) is 31.2 Å². The highest BCUT2D eigenvalue weighted by Gasteiger charge is 2.29. The van der Waals surface area contributed by atoms with Gasteiger partial charge in [0.1, 0.15) is 12.4 Å². The molecule has 0 bridgehead atoms. The molecule has 0 saturated carbocycles. The van der Waals surface area contributed by atoms with E-state index in [1.54, 1.807) is 0 Å². The Morgan fingerprint density at radius 2 is 2.06 bits per heavy atom. The molecule has 0 aliphatic carbocycles. The monoisotopic (exact) mass is 263 g/mol. The number of fused-ring (bicyclic) bond motifs is 1. The van der Waals surface area contributed by atoms with E-state index in [0.717, 1.165) is 42.3 Å². The number of carbonyl (C=O) groups excluding carboxylic acids is 1. The number of ether oxygens (including phenoxy) is 1. The molecule has 1 atom stereocenters. The van der Waals surface area contributed by atoms with Crippen LogP contribution in [0.2, 0.25) is 0 Å². The Kier molecular flexibility index (Phi) is 3.46. The van der Waals surface area contributed by atoms with Gasteiger partial charge in [0.2, 0.25) is 5.91 Å². The van der Waals surface area contributed by atoms with Crippen LogP contribution in [0.15, 0.2) is 24.3 Å². The third kappa shape index (κ3) is 2.34.